The molecule has 2 aromatic carbocycles. The number of H-pyrrole nitrogens is 1. The largest absolute Gasteiger partial charge is 0.379 e. The predicted octanol–water partition coefficient (Wildman–Crippen LogP) is 3.18. The molecule has 0 saturated heterocycles. The molecular formula is C14H13N3. The van der Waals surface area contributed by atoms with E-state index >= 15 is 0 Å². The minimum absolute atomic E-state index is 0.762. The molecule has 1 aromatic heterocycles. The molecule has 0 bridgehead atoms. The van der Waals surface area contributed by atoms with Crippen LogP contribution in [0.25, 0.3) is 10.8 Å². The molecule has 84 valence electrons. The van der Waals surface area contributed by atoms with Crippen LogP contribution in [0.2, 0.25) is 0 Å². The highest BCUT2D eigenvalue weighted by Crippen LogP contribution is 2.19. The van der Waals surface area contributed by atoms with Crippen molar-refractivity contribution in [2.45, 2.75) is 6.54 Å². The van der Waals surface area contributed by atoms with E-state index in [1.165, 1.54) is 10.8 Å². The Morgan fingerprint density at radius 3 is 2.76 bits per heavy atom. The van der Waals surface area contributed by atoms with Gasteiger partial charge in [0, 0.05) is 11.9 Å². The lowest BCUT2D eigenvalue weighted by Crippen LogP contribution is -1.99. The Hall–Kier alpha value is -2.29. The number of fused-ring (bicyclic) bond motifs is 1. The van der Waals surface area contributed by atoms with Gasteiger partial charge in [0.2, 0.25) is 0 Å². The topological polar surface area (TPSA) is 40.7 Å². The van der Waals surface area contributed by atoms with E-state index in [1.807, 2.05) is 6.20 Å². The Morgan fingerprint density at radius 1 is 1.06 bits per heavy atom. The zero-order chi connectivity index (χ0) is 11.5. The van der Waals surface area contributed by atoms with Crippen LogP contribution < -0.4 is 5.32 Å². The number of imidazole rings is 1. The van der Waals surface area contributed by atoms with E-state index in [0.29, 0.717) is 0 Å². The summed E-state index contributed by atoms with van der Waals surface area (Å²) < 4.78 is 0. The second-order valence-electron chi connectivity index (χ2n) is 3.99. The summed E-state index contributed by atoms with van der Waals surface area (Å²) >= 11 is 0. The molecule has 3 rings (SSSR count). The van der Waals surface area contributed by atoms with Crippen LogP contribution in [0.4, 0.5) is 5.69 Å². The second kappa shape index (κ2) is 4.29. The summed E-state index contributed by atoms with van der Waals surface area (Å²) in [6.07, 6.45) is 3.52. The summed E-state index contributed by atoms with van der Waals surface area (Å²) in [7, 11) is 0. The lowest BCUT2D eigenvalue weighted by molar-refractivity contribution is 1.08. The number of nitrogens with one attached hydrogen (secondary N) is 2. The highest BCUT2D eigenvalue weighted by Gasteiger charge is 1.97. The van der Waals surface area contributed by atoms with Crippen LogP contribution in [0.15, 0.2) is 55.0 Å². The maximum Gasteiger partial charge on any atom is 0.0922 e. The molecule has 0 saturated carbocycles. The highest BCUT2D eigenvalue weighted by molar-refractivity contribution is 5.85. The first-order chi connectivity index (χ1) is 8.42. The lowest BCUT2D eigenvalue weighted by atomic mass is 10.1. The predicted molar refractivity (Wildman–Crippen MR) is 69.9 cm³/mol. The van der Waals surface area contributed by atoms with E-state index in [2.05, 4.69) is 57.7 Å². The number of hydrogen-bond donors (Lipinski definition) is 2. The standard InChI is InChI=1S/C14H13N3/c1-2-4-12-7-13(6-5-11(12)3-1)16-9-14-8-15-10-17-14/h1-8,10,16H,9H2,(H,15,17). The molecule has 0 aliphatic rings. The number of aromatic nitrogens is 2. The van der Waals surface area contributed by atoms with Gasteiger partial charge in [0.1, 0.15) is 0 Å². The van der Waals surface area contributed by atoms with E-state index in [0.717, 1.165) is 17.9 Å². The first-order valence-corrected chi connectivity index (χ1v) is 5.62. The SMILES string of the molecule is c1ccc2cc(NCc3cnc[nH]3)ccc2c1. The van der Waals surface area contributed by atoms with Crippen LogP contribution in [0.1, 0.15) is 5.69 Å². The van der Waals surface area contributed by atoms with Gasteiger partial charge in [0.05, 0.1) is 18.6 Å². The molecule has 0 radical (unpaired) electrons. The van der Waals surface area contributed by atoms with Crippen LogP contribution in [-0.4, -0.2) is 9.97 Å². The minimum Gasteiger partial charge on any atom is -0.379 e. The van der Waals surface area contributed by atoms with Crippen LogP contribution in [0, 0.1) is 0 Å². The first-order valence-electron chi connectivity index (χ1n) is 5.62. The molecule has 2 N–H and O–H groups in total. The third kappa shape index (κ3) is 2.13. The van der Waals surface area contributed by atoms with Gasteiger partial charge < -0.3 is 10.3 Å². The summed E-state index contributed by atoms with van der Waals surface area (Å²) in [6.45, 7) is 0.762. The average Bonchev–Trinajstić information content (AvgIpc) is 2.89. The normalized spacial score (nSPS) is 10.6. The third-order valence-corrected chi connectivity index (χ3v) is 2.79. The van der Waals surface area contributed by atoms with E-state index in [4.69, 9.17) is 0 Å². The Kier molecular flexibility index (Phi) is 2.50. The number of anilines is 1. The Labute approximate surface area is 99.5 Å². The molecule has 0 amide bonds. The van der Waals surface area contributed by atoms with Crippen molar-refractivity contribution in [3.05, 3.63) is 60.7 Å². The van der Waals surface area contributed by atoms with Crippen molar-refractivity contribution in [2.24, 2.45) is 0 Å². The zero-order valence-corrected chi connectivity index (χ0v) is 9.35. The molecule has 3 nitrogen and oxygen atoms in total. The van der Waals surface area contributed by atoms with E-state index in [9.17, 15) is 0 Å². The first kappa shape index (κ1) is 9.90. The zero-order valence-electron chi connectivity index (χ0n) is 9.35. The molecule has 0 aliphatic carbocycles. The fraction of sp³-hybridized carbons (Fsp3) is 0.0714. The maximum absolute atomic E-state index is 3.99. The van der Waals surface area contributed by atoms with Crippen LogP contribution >= 0.6 is 0 Å². The fourth-order valence-corrected chi connectivity index (χ4v) is 1.88. The monoisotopic (exact) mass is 223 g/mol. The molecule has 3 heteroatoms. The molecule has 1 heterocycles. The summed E-state index contributed by atoms with van der Waals surface area (Å²) in [5.74, 6) is 0. The number of aromatic amines is 1. The Morgan fingerprint density at radius 2 is 1.94 bits per heavy atom. The fourth-order valence-electron chi connectivity index (χ4n) is 1.88. The van der Waals surface area contributed by atoms with Crippen LogP contribution in [0.5, 0.6) is 0 Å². The molecule has 17 heavy (non-hydrogen) atoms. The van der Waals surface area contributed by atoms with Crippen molar-refractivity contribution in [1.82, 2.24) is 9.97 Å². The highest BCUT2D eigenvalue weighted by atomic mass is 14.9. The third-order valence-electron chi connectivity index (χ3n) is 2.79. The quantitative estimate of drug-likeness (QED) is 0.716. The molecule has 0 unspecified atom stereocenters. The van der Waals surface area contributed by atoms with Crippen molar-refractivity contribution in [2.75, 3.05) is 5.32 Å². The van der Waals surface area contributed by atoms with Gasteiger partial charge in [0.15, 0.2) is 0 Å². The van der Waals surface area contributed by atoms with Crippen LogP contribution in [0.3, 0.4) is 0 Å². The second-order valence-corrected chi connectivity index (χ2v) is 3.99. The number of hydrogen-bond acceptors (Lipinski definition) is 2. The van der Waals surface area contributed by atoms with Gasteiger partial charge in [-0.2, -0.15) is 0 Å². The van der Waals surface area contributed by atoms with Gasteiger partial charge in [0.25, 0.3) is 0 Å². The van der Waals surface area contributed by atoms with Crippen molar-refractivity contribution >= 4 is 16.5 Å². The van der Waals surface area contributed by atoms with Gasteiger partial charge >= 0.3 is 0 Å². The van der Waals surface area contributed by atoms with Crippen molar-refractivity contribution in [3.8, 4) is 0 Å². The van der Waals surface area contributed by atoms with Gasteiger partial charge in [-0.05, 0) is 22.9 Å². The summed E-state index contributed by atoms with van der Waals surface area (Å²) in [6, 6.07) is 14.7. The molecule has 0 aliphatic heterocycles. The van der Waals surface area contributed by atoms with Gasteiger partial charge in [-0.25, -0.2) is 4.98 Å². The van der Waals surface area contributed by atoms with Crippen molar-refractivity contribution in [3.63, 3.8) is 0 Å². The summed E-state index contributed by atoms with van der Waals surface area (Å²) in [4.78, 5) is 7.06. The molecule has 0 spiro atoms. The summed E-state index contributed by atoms with van der Waals surface area (Å²) in [5, 5.41) is 5.88. The number of rotatable bonds is 3. The number of benzene rings is 2. The van der Waals surface area contributed by atoms with E-state index < -0.39 is 0 Å². The average molecular weight is 223 g/mol. The van der Waals surface area contributed by atoms with Gasteiger partial charge in [-0.3, -0.25) is 0 Å². The Balaban J connectivity index is 1.81. The van der Waals surface area contributed by atoms with E-state index in [-0.39, 0.29) is 0 Å². The molecule has 0 atom stereocenters. The van der Waals surface area contributed by atoms with Gasteiger partial charge in [-0.15, -0.1) is 0 Å². The smallest absolute Gasteiger partial charge is 0.0922 e. The Bertz CT molecular complexity index is 614. The van der Waals surface area contributed by atoms with E-state index in [1.54, 1.807) is 6.33 Å². The molecule has 3 aromatic rings. The van der Waals surface area contributed by atoms with Gasteiger partial charge in [-0.1, -0.05) is 30.3 Å². The molecular weight excluding hydrogens is 210 g/mol. The lowest BCUT2D eigenvalue weighted by Gasteiger charge is -2.06. The van der Waals surface area contributed by atoms with Crippen molar-refractivity contribution < 1.29 is 0 Å². The van der Waals surface area contributed by atoms with Crippen molar-refractivity contribution in [1.29, 1.82) is 0 Å². The van der Waals surface area contributed by atoms with Crippen LogP contribution in [-0.2, 0) is 6.54 Å². The molecule has 0 fully saturated rings. The minimum atomic E-state index is 0.762. The maximum atomic E-state index is 3.99. The summed E-state index contributed by atoms with van der Waals surface area (Å²) in [5.41, 5.74) is 2.21. The number of nitrogens with zero attached hydrogens (tertiary/aromatic N) is 1.